The Morgan fingerprint density at radius 1 is 1.12 bits per heavy atom. The van der Waals surface area contributed by atoms with Gasteiger partial charge in [0.25, 0.3) is 5.56 Å². The van der Waals surface area contributed by atoms with Gasteiger partial charge in [0.15, 0.2) is 0 Å². The first-order valence-electron chi connectivity index (χ1n) is 10.5. The van der Waals surface area contributed by atoms with Crippen LogP contribution in [-0.4, -0.2) is 21.3 Å². The second kappa shape index (κ2) is 9.97. The lowest BCUT2D eigenvalue weighted by Gasteiger charge is -2.33. The molecule has 0 aliphatic rings. The highest BCUT2D eigenvalue weighted by atomic mass is 79.9. The predicted molar refractivity (Wildman–Crippen MR) is 130 cm³/mol. The smallest absolute Gasteiger partial charge is 0.412 e. The van der Waals surface area contributed by atoms with Gasteiger partial charge in [0, 0.05) is 34.6 Å². The molecule has 6 nitrogen and oxygen atoms in total. The van der Waals surface area contributed by atoms with E-state index in [4.69, 9.17) is 4.74 Å². The zero-order chi connectivity index (χ0) is 25.2. The van der Waals surface area contributed by atoms with Gasteiger partial charge in [-0.05, 0) is 73.5 Å². The number of benzene rings is 2. The minimum Gasteiger partial charge on any atom is -0.487 e. The van der Waals surface area contributed by atoms with Crippen molar-refractivity contribution in [2.45, 2.75) is 46.4 Å². The molecule has 0 bridgehead atoms. The molecule has 1 aromatic heterocycles. The lowest BCUT2D eigenvalue weighted by molar-refractivity contribution is 0.195. The fraction of sp³-hybridized carbons (Fsp3) is 0.280. The van der Waals surface area contributed by atoms with E-state index in [0.717, 1.165) is 17.7 Å². The number of anilines is 1. The first-order valence-corrected chi connectivity index (χ1v) is 11.3. The molecule has 0 atom stereocenters. The van der Waals surface area contributed by atoms with Crippen LogP contribution in [0.5, 0.6) is 5.75 Å². The van der Waals surface area contributed by atoms with Gasteiger partial charge < -0.3 is 14.4 Å². The molecule has 0 unspecified atom stereocenters. The van der Waals surface area contributed by atoms with Gasteiger partial charge in [-0.1, -0.05) is 12.1 Å². The molecule has 9 heteroatoms. The maximum Gasteiger partial charge on any atom is 0.412 e. The zero-order valence-electron chi connectivity index (χ0n) is 19.2. The summed E-state index contributed by atoms with van der Waals surface area (Å²) >= 11 is 3.27. The third kappa shape index (κ3) is 5.64. The molecule has 3 aromatic rings. The van der Waals surface area contributed by atoms with Gasteiger partial charge in [-0.25, -0.2) is 13.6 Å². The maximum atomic E-state index is 13.9. The standard InChI is InChI=1S/C25H25BrF2N2O4/c1-15-11-21(34-14-17-7-8-18(27)12-20(17)28)22(26)23(31)29(15)13-16-5-9-19(10-6-16)30(24(32)33)25(2,3)4/h5-12H,13-14H2,1-4H3,(H,32,33). The number of rotatable bonds is 6. The number of amides is 1. The van der Waals surface area contributed by atoms with E-state index >= 15 is 0 Å². The molecule has 180 valence electrons. The van der Waals surface area contributed by atoms with Crippen LogP contribution in [0.2, 0.25) is 0 Å². The van der Waals surface area contributed by atoms with Crippen molar-refractivity contribution in [2.75, 3.05) is 4.90 Å². The number of pyridine rings is 1. The molecule has 0 aliphatic heterocycles. The summed E-state index contributed by atoms with van der Waals surface area (Å²) in [5, 5.41) is 9.57. The number of halogens is 3. The van der Waals surface area contributed by atoms with Crippen LogP contribution in [0.1, 0.15) is 37.6 Å². The molecule has 0 fully saturated rings. The number of aromatic nitrogens is 1. The maximum absolute atomic E-state index is 13.9. The van der Waals surface area contributed by atoms with Crippen molar-refractivity contribution >= 4 is 27.7 Å². The Labute approximate surface area is 204 Å². The summed E-state index contributed by atoms with van der Waals surface area (Å²) < 4.78 is 34.3. The van der Waals surface area contributed by atoms with Crippen LogP contribution >= 0.6 is 15.9 Å². The highest BCUT2D eigenvalue weighted by molar-refractivity contribution is 9.10. The zero-order valence-corrected chi connectivity index (χ0v) is 20.8. The second-order valence-electron chi connectivity index (χ2n) is 8.83. The first-order chi connectivity index (χ1) is 15.9. The normalized spacial score (nSPS) is 11.4. The van der Waals surface area contributed by atoms with Gasteiger partial charge in [0.2, 0.25) is 0 Å². The van der Waals surface area contributed by atoms with Gasteiger partial charge >= 0.3 is 6.09 Å². The van der Waals surface area contributed by atoms with Gasteiger partial charge in [-0.15, -0.1) is 0 Å². The van der Waals surface area contributed by atoms with Crippen LogP contribution in [0.15, 0.2) is 57.8 Å². The highest BCUT2D eigenvalue weighted by Crippen LogP contribution is 2.26. The summed E-state index contributed by atoms with van der Waals surface area (Å²) in [6.07, 6.45) is -1.05. The minimum absolute atomic E-state index is 0.164. The van der Waals surface area contributed by atoms with E-state index in [1.54, 1.807) is 41.8 Å². The van der Waals surface area contributed by atoms with Crippen LogP contribution in [0.4, 0.5) is 19.3 Å². The number of carboxylic acid groups (broad SMARTS) is 1. The summed E-state index contributed by atoms with van der Waals surface area (Å²) in [6.45, 7) is 7.28. The Hall–Kier alpha value is -3.20. The number of hydrogen-bond donors (Lipinski definition) is 1. The lowest BCUT2D eigenvalue weighted by atomic mass is 10.0. The molecule has 0 saturated carbocycles. The fourth-order valence-electron chi connectivity index (χ4n) is 3.53. The van der Waals surface area contributed by atoms with E-state index in [1.807, 2.05) is 20.8 Å². The first kappa shape index (κ1) is 25.4. The van der Waals surface area contributed by atoms with Crippen molar-refractivity contribution in [1.82, 2.24) is 4.57 Å². The second-order valence-corrected chi connectivity index (χ2v) is 9.63. The average molecular weight is 535 g/mol. The lowest BCUT2D eigenvalue weighted by Crippen LogP contribution is -2.45. The largest absolute Gasteiger partial charge is 0.487 e. The third-order valence-corrected chi connectivity index (χ3v) is 5.94. The van der Waals surface area contributed by atoms with E-state index in [2.05, 4.69) is 15.9 Å². The quantitative estimate of drug-likeness (QED) is 0.414. The molecule has 34 heavy (non-hydrogen) atoms. The summed E-state index contributed by atoms with van der Waals surface area (Å²) in [7, 11) is 0. The number of hydrogen-bond acceptors (Lipinski definition) is 3. The number of ether oxygens (including phenoxy) is 1. The van der Waals surface area contributed by atoms with Gasteiger partial charge in [0.1, 0.15) is 28.5 Å². The Balaban J connectivity index is 1.81. The van der Waals surface area contributed by atoms with Crippen molar-refractivity contribution in [3.8, 4) is 5.75 Å². The van der Waals surface area contributed by atoms with E-state index in [-0.39, 0.29) is 34.5 Å². The number of nitrogens with zero attached hydrogens (tertiary/aromatic N) is 2. The van der Waals surface area contributed by atoms with Crippen molar-refractivity contribution in [3.05, 3.63) is 91.8 Å². The van der Waals surface area contributed by atoms with Gasteiger partial charge in [0.05, 0.1) is 6.54 Å². The highest BCUT2D eigenvalue weighted by Gasteiger charge is 2.27. The molecular weight excluding hydrogens is 510 g/mol. The van der Waals surface area contributed by atoms with E-state index in [1.165, 1.54) is 11.0 Å². The topological polar surface area (TPSA) is 71.8 Å². The summed E-state index contributed by atoms with van der Waals surface area (Å²) in [6, 6.07) is 11.8. The Morgan fingerprint density at radius 2 is 1.76 bits per heavy atom. The summed E-state index contributed by atoms with van der Waals surface area (Å²) in [5.74, 6) is -1.15. The molecule has 0 saturated heterocycles. The van der Waals surface area contributed by atoms with Crippen molar-refractivity contribution in [2.24, 2.45) is 0 Å². The van der Waals surface area contributed by atoms with Crippen molar-refractivity contribution in [1.29, 1.82) is 0 Å². The number of aryl methyl sites for hydroxylation is 1. The fourth-order valence-corrected chi connectivity index (χ4v) is 3.97. The molecule has 2 aromatic carbocycles. The molecule has 1 amide bonds. The molecular formula is C25H25BrF2N2O4. The molecule has 0 spiro atoms. The van der Waals surface area contributed by atoms with Crippen LogP contribution in [0.3, 0.4) is 0 Å². The summed E-state index contributed by atoms with van der Waals surface area (Å²) in [4.78, 5) is 25.9. The minimum atomic E-state index is -1.05. The Bertz CT molecular complexity index is 1270. The van der Waals surface area contributed by atoms with Crippen LogP contribution in [-0.2, 0) is 13.2 Å². The van der Waals surface area contributed by atoms with E-state index < -0.39 is 23.3 Å². The molecule has 1 heterocycles. The van der Waals surface area contributed by atoms with E-state index in [9.17, 15) is 23.5 Å². The number of carbonyl (C=O) groups is 1. The van der Waals surface area contributed by atoms with Gasteiger partial charge in [-0.3, -0.25) is 9.69 Å². The Kier molecular flexibility index (Phi) is 7.45. The molecule has 3 rings (SSSR count). The summed E-state index contributed by atoms with van der Waals surface area (Å²) in [5.41, 5.74) is 1.18. The van der Waals surface area contributed by atoms with Crippen molar-refractivity contribution < 1.29 is 23.4 Å². The average Bonchev–Trinajstić information content (AvgIpc) is 2.73. The van der Waals surface area contributed by atoms with Crippen LogP contribution < -0.4 is 15.2 Å². The molecule has 0 aliphatic carbocycles. The van der Waals surface area contributed by atoms with Crippen LogP contribution in [0, 0.1) is 18.6 Å². The SMILES string of the molecule is Cc1cc(OCc2ccc(F)cc2F)c(Br)c(=O)n1Cc1ccc(N(C(=O)O)C(C)(C)C)cc1. The van der Waals surface area contributed by atoms with E-state index in [0.29, 0.717) is 11.4 Å². The van der Waals surface area contributed by atoms with Crippen LogP contribution in [0.25, 0.3) is 0 Å². The molecule has 1 N–H and O–H groups in total. The predicted octanol–water partition coefficient (Wildman–Crippen LogP) is 6.11. The monoisotopic (exact) mass is 534 g/mol. The van der Waals surface area contributed by atoms with Crippen molar-refractivity contribution in [3.63, 3.8) is 0 Å². The third-order valence-electron chi connectivity index (χ3n) is 5.21. The Morgan fingerprint density at radius 3 is 2.32 bits per heavy atom. The van der Waals surface area contributed by atoms with Gasteiger partial charge in [-0.2, -0.15) is 0 Å². The molecule has 0 radical (unpaired) electrons.